The van der Waals surface area contributed by atoms with E-state index < -0.39 is 18.7 Å². The summed E-state index contributed by atoms with van der Waals surface area (Å²) in [6.07, 6.45) is -3.49. The summed E-state index contributed by atoms with van der Waals surface area (Å²) in [4.78, 5) is 14.4. The van der Waals surface area contributed by atoms with Crippen LogP contribution >= 0.6 is 0 Å². The Labute approximate surface area is 127 Å². The molecule has 0 bridgehead atoms. The van der Waals surface area contributed by atoms with Crippen LogP contribution in [-0.4, -0.2) is 59.8 Å². The van der Waals surface area contributed by atoms with Crippen LogP contribution in [0, 0.1) is 0 Å². The standard InChI is InChI=1S/C15H19F3N2O2/c16-15(17,18)11-20-6-2-5-19(7-8-20)10-12-3-1-4-13(9-12)14(21)22/h1,3-4,9H,2,5-8,10-11H2,(H,21,22). The number of alkyl halides is 3. The second kappa shape index (κ2) is 7.11. The molecule has 1 aliphatic heterocycles. The van der Waals surface area contributed by atoms with Gasteiger partial charge >= 0.3 is 12.1 Å². The molecule has 0 saturated carbocycles. The van der Waals surface area contributed by atoms with E-state index in [4.69, 9.17) is 5.11 Å². The maximum absolute atomic E-state index is 12.4. The minimum atomic E-state index is -4.16. The van der Waals surface area contributed by atoms with E-state index in [2.05, 4.69) is 4.90 Å². The van der Waals surface area contributed by atoms with Crippen molar-refractivity contribution in [3.8, 4) is 0 Å². The average Bonchev–Trinajstić information content (AvgIpc) is 2.63. The van der Waals surface area contributed by atoms with Gasteiger partial charge in [-0.25, -0.2) is 4.79 Å². The van der Waals surface area contributed by atoms with Crippen molar-refractivity contribution < 1.29 is 23.1 Å². The Morgan fingerprint density at radius 1 is 1.14 bits per heavy atom. The van der Waals surface area contributed by atoms with Crippen LogP contribution in [0.15, 0.2) is 24.3 Å². The number of carboxylic acids is 1. The van der Waals surface area contributed by atoms with Crippen molar-refractivity contribution in [3.05, 3.63) is 35.4 Å². The zero-order chi connectivity index (χ0) is 16.2. The van der Waals surface area contributed by atoms with Crippen LogP contribution < -0.4 is 0 Å². The molecule has 0 atom stereocenters. The maximum atomic E-state index is 12.4. The van der Waals surface area contributed by atoms with Crippen LogP contribution in [0.25, 0.3) is 0 Å². The monoisotopic (exact) mass is 316 g/mol. The molecule has 1 aromatic carbocycles. The molecule has 2 rings (SSSR count). The first kappa shape index (κ1) is 16.8. The summed E-state index contributed by atoms with van der Waals surface area (Å²) in [6.45, 7) is 1.76. The second-order valence-corrected chi connectivity index (χ2v) is 5.53. The van der Waals surface area contributed by atoms with E-state index in [1.165, 1.54) is 11.0 Å². The van der Waals surface area contributed by atoms with Crippen molar-refractivity contribution in [1.82, 2.24) is 9.80 Å². The van der Waals surface area contributed by atoms with Crippen molar-refractivity contribution >= 4 is 5.97 Å². The molecule has 1 fully saturated rings. The maximum Gasteiger partial charge on any atom is 0.401 e. The van der Waals surface area contributed by atoms with E-state index in [9.17, 15) is 18.0 Å². The first-order valence-corrected chi connectivity index (χ1v) is 7.17. The Bertz CT molecular complexity index is 520. The van der Waals surface area contributed by atoms with Crippen molar-refractivity contribution in [2.24, 2.45) is 0 Å². The summed E-state index contributed by atoms with van der Waals surface area (Å²) in [6, 6.07) is 6.66. The van der Waals surface area contributed by atoms with E-state index in [-0.39, 0.29) is 5.56 Å². The fourth-order valence-electron chi connectivity index (χ4n) is 2.66. The molecule has 1 heterocycles. The summed E-state index contributed by atoms with van der Waals surface area (Å²) >= 11 is 0. The van der Waals surface area contributed by atoms with Gasteiger partial charge in [-0.3, -0.25) is 9.80 Å². The van der Waals surface area contributed by atoms with Gasteiger partial charge in [0.1, 0.15) is 0 Å². The smallest absolute Gasteiger partial charge is 0.401 e. The molecule has 0 aliphatic carbocycles. The van der Waals surface area contributed by atoms with Crippen LogP contribution in [0.3, 0.4) is 0 Å². The second-order valence-electron chi connectivity index (χ2n) is 5.53. The molecular formula is C15H19F3N2O2. The molecule has 0 spiro atoms. The molecule has 0 radical (unpaired) electrons. The Balaban J connectivity index is 1.92. The molecule has 1 aromatic rings. The predicted octanol–water partition coefficient (Wildman–Crippen LogP) is 2.45. The first-order valence-electron chi connectivity index (χ1n) is 7.17. The van der Waals surface area contributed by atoms with E-state index in [1.807, 2.05) is 6.07 Å². The van der Waals surface area contributed by atoms with Gasteiger partial charge in [0.2, 0.25) is 0 Å². The molecule has 1 N–H and O–H groups in total. The molecular weight excluding hydrogens is 297 g/mol. The van der Waals surface area contributed by atoms with Crippen LogP contribution in [-0.2, 0) is 6.54 Å². The Morgan fingerprint density at radius 3 is 2.50 bits per heavy atom. The fraction of sp³-hybridized carbons (Fsp3) is 0.533. The molecule has 4 nitrogen and oxygen atoms in total. The van der Waals surface area contributed by atoms with Gasteiger partial charge in [-0.15, -0.1) is 0 Å². The SMILES string of the molecule is O=C(O)c1cccc(CN2CCCN(CC(F)(F)F)CC2)c1. The van der Waals surface area contributed by atoms with E-state index in [0.29, 0.717) is 39.1 Å². The third-order valence-electron chi connectivity index (χ3n) is 3.66. The van der Waals surface area contributed by atoms with Crippen LogP contribution in [0.4, 0.5) is 13.2 Å². The zero-order valence-corrected chi connectivity index (χ0v) is 12.1. The third-order valence-corrected chi connectivity index (χ3v) is 3.66. The van der Waals surface area contributed by atoms with Crippen molar-refractivity contribution in [2.45, 2.75) is 19.1 Å². The lowest BCUT2D eigenvalue weighted by molar-refractivity contribution is -0.145. The molecule has 0 unspecified atom stereocenters. The Hall–Kier alpha value is -1.60. The van der Waals surface area contributed by atoms with Crippen LogP contribution in [0.5, 0.6) is 0 Å². The highest BCUT2D eigenvalue weighted by atomic mass is 19.4. The summed E-state index contributed by atoms with van der Waals surface area (Å²) in [5, 5.41) is 8.98. The van der Waals surface area contributed by atoms with Gasteiger partial charge in [0.15, 0.2) is 0 Å². The zero-order valence-electron chi connectivity index (χ0n) is 12.1. The van der Waals surface area contributed by atoms with Crippen LogP contribution in [0.2, 0.25) is 0 Å². The average molecular weight is 316 g/mol. The van der Waals surface area contributed by atoms with Gasteiger partial charge in [-0.1, -0.05) is 12.1 Å². The highest BCUT2D eigenvalue weighted by molar-refractivity contribution is 5.87. The molecule has 0 aromatic heterocycles. The summed E-state index contributed by atoms with van der Waals surface area (Å²) < 4.78 is 37.3. The lowest BCUT2D eigenvalue weighted by atomic mass is 10.1. The molecule has 7 heteroatoms. The largest absolute Gasteiger partial charge is 0.478 e. The molecule has 0 amide bonds. The van der Waals surface area contributed by atoms with Crippen molar-refractivity contribution in [3.63, 3.8) is 0 Å². The molecule has 122 valence electrons. The normalized spacial score (nSPS) is 18.1. The topological polar surface area (TPSA) is 43.8 Å². The Morgan fingerprint density at radius 2 is 1.82 bits per heavy atom. The number of carboxylic acid groups (broad SMARTS) is 1. The van der Waals surface area contributed by atoms with Crippen molar-refractivity contribution in [1.29, 1.82) is 0 Å². The van der Waals surface area contributed by atoms with Crippen LogP contribution in [0.1, 0.15) is 22.3 Å². The minimum Gasteiger partial charge on any atom is -0.478 e. The van der Waals surface area contributed by atoms with Gasteiger partial charge in [-0.2, -0.15) is 13.2 Å². The summed E-state index contributed by atoms with van der Waals surface area (Å²) in [5.74, 6) is -0.978. The third kappa shape index (κ3) is 5.31. The van der Waals surface area contributed by atoms with Gasteiger partial charge in [0.05, 0.1) is 12.1 Å². The molecule has 22 heavy (non-hydrogen) atoms. The number of hydrogen-bond acceptors (Lipinski definition) is 3. The lowest BCUT2D eigenvalue weighted by Gasteiger charge is -2.22. The molecule has 1 aliphatic rings. The number of benzene rings is 1. The lowest BCUT2D eigenvalue weighted by Crippen LogP contribution is -2.37. The van der Waals surface area contributed by atoms with E-state index in [1.54, 1.807) is 12.1 Å². The van der Waals surface area contributed by atoms with Gasteiger partial charge in [-0.05, 0) is 37.2 Å². The highest BCUT2D eigenvalue weighted by Crippen LogP contribution is 2.18. The van der Waals surface area contributed by atoms with E-state index in [0.717, 1.165) is 5.56 Å². The van der Waals surface area contributed by atoms with Gasteiger partial charge < -0.3 is 5.11 Å². The van der Waals surface area contributed by atoms with E-state index >= 15 is 0 Å². The fourth-order valence-corrected chi connectivity index (χ4v) is 2.66. The van der Waals surface area contributed by atoms with Crippen molar-refractivity contribution in [2.75, 3.05) is 32.7 Å². The first-order chi connectivity index (χ1) is 10.3. The summed E-state index contributed by atoms with van der Waals surface area (Å²) in [7, 11) is 0. The van der Waals surface area contributed by atoms with Gasteiger partial charge in [0.25, 0.3) is 0 Å². The number of carbonyl (C=O) groups is 1. The number of halogens is 3. The predicted molar refractivity (Wildman–Crippen MR) is 75.8 cm³/mol. The number of rotatable bonds is 4. The number of aromatic carboxylic acids is 1. The highest BCUT2D eigenvalue weighted by Gasteiger charge is 2.31. The quantitative estimate of drug-likeness (QED) is 0.927. The van der Waals surface area contributed by atoms with Gasteiger partial charge in [0, 0.05) is 19.6 Å². The Kier molecular flexibility index (Phi) is 5.42. The summed E-state index contributed by atoms with van der Waals surface area (Å²) in [5.41, 5.74) is 1.09. The number of nitrogens with zero attached hydrogens (tertiary/aromatic N) is 2. The number of hydrogen-bond donors (Lipinski definition) is 1. The molecule has 1 saturated heterocycles. The minimum absolute atomic E-state index is 0.228.